The maximum atomic E-state index is 12.8. The van der Waals surface area contributed by atoms with Crippen molar-refractivity contribution in [1.29, 1.82) is 0 Å². The first kappa shape index (κ1) is 13.0. The van der Waals surface area contributed by atoms with Crippen molar-refractivity contribution in [3.05, 3.63) is 35.6 Å². The second-order valence-corrected chi connectivity index (χ2v) is 4.80. The van der Waals surface area contributed by atoms with Crippen LogP contribution in [0.2, 0.25) is 0 Å². The topological polar surface area (TPSA) is 66.6 Å². The summed E-state index contributed by atoms with van der Waals surface area (Å²) < 4.78 is 12.8. The molecular weight excluding hydrogens is 235 g/mol. The molecule has 0 bridgehead atoms. The second kappa shape index (κ2) is 5.04. The van der Waals surface area contributed by atoms with Crippen molar-refractivity contribution < 1.29 is 14.3 Å². The minimum atomic E-state index is -1.36. The van der Waals surface area contributed by atoms with E-state index >= 15 is 0 Å². The Morgan fingerprint density at radius 1 is 1.33 bits per heavy atom. The number of aliphatic hydroxyl groups is 1. The Labute approximate surface area is 105 Å². The average Bonchev–Trinajstić information content (AvgIpc) is 2.35. The number of carbonyl (C=O) groups excluding carboxylic acids is 1. The van der Waals surface area contributed by atoms with E-state index in [2.05, 4.69) is 4.90 Å². The number of halogens is 1. The summed E-state index contributed by atoms with van der Waals surface area (Å²) in [5.41, 5.74) is 4.82. The largest absolute Gasteiger partial charge is 0.380 e. The SMILES string of the molecule is NC(=O)C1(O)CCN(Cc2ccc(F)cc2)CC1. The molecule has 1 amide bonds. The number of likely N-dealkylation sites (tertiary alicyclic amines) is 1. The fraction of sp³-hybridized carbons (Fsp3) is 0.462. The molecule has 1 saturated heterocycles. The van der Waals surface area contributed by atoms with Crippen LogP contribution in [-0.4, -0.2) is 34.6 Å². The van der Waals surface area contributed by atoms with Crippen molar-refractivity contribution in [2.24, 2.45) is 5.73 Å². The minimum Gasteiger partial charge on any atom is -0.380 e. The summed E-state index contributed by atoms with van der Waals surface area (Å²) in [6, 6.07) is 6.34. The molecule has 0 unspecified atom stereocenters. The van der Waals surface area contributed by atoms with Crippen LogP contribution in [0, 0.1) is 5.82 Å². The van der Waals surface area contributed by atoms with Crippen molar-refractivity contribution in [3.8, 4) is 0 Å². The predicted molar refractivity (Wildman–Crippen MR) is 65.1 cm³/mol. The molecule has 1 aliphatic rings. The third kappa shape index (κ3) is 2.86. The van der Waals surface area contributed by atoms with Gasteiger partial charge in [-0.15, -0.1) is 0 Å². The smallest absolute Gasteiger partial charge is 0.249 e. The number of piperidine rings is 1. The van der Waals surface area contributed by atoms with Gasteiger partial charge in [-0.25, -0.2) is 4.39 Å². The first-order valence-electron chi connectivity index (χ1n) is 5.99. The molecule has 3 N–H and O–H groups in total. The van der Waals surface area contributed by atoms with Crippen molar-refractivity contribution in [1.82, 2.24) is 4.90 Å². The zero-order valence-electron chi connectivity index (χ0n) is 10.1. The summed E-state index contributed by atoms with van der Waals surface area (Å²) in [7, 11) is 0. The van der Waals surface area contributed by atoms with Crippen LogP contribution in [0.1, 0.15) is 18.4 Å². The van der Waals surface area contributed by atoms with E-state index in [1.165, 1.54) is 12.1 Å². The molecule has 2 rings (SSSR count). The molecule has 0 atom stereocenters. The molecular formula is C13H17FN2O2. The quantitative estimate of drug-likeness (QED) is 0.829. The van der Waals surface area contributed by atoms with Gasteiger partial charge in [0.2, 0.25) is 5.91 Å². The average molecular weight is 252 g/mol. The van der Waals surface area contributed by atoms with Crippen molar-refractivity contribution in [2.75, 3.05) is 13.1 Å². The van der Waals surface area contributed by atoms with E-state index in [-0.39, 0.29) is 5.82 Å². The Bertz CT molecular complexity index is 425. The van der Waals surface area contributed by atoms with Gasteiger partial charge in [0.15, 0.2) is 0 Å². The molecule has 5 heteroatoms. The van der Waals surface area contributed by atoms with Gasteiger partial charge in [-0.3, -0.25) is 9.69 Å². The van der Waals surface area contributed by atoms with Gasteiger partial charge < -0.3 is 10.8 Å². The lowest BCUT2D eigenvalue weighted by Gasteiger charge is -2.36. The van der Waals surface area contributed by atoms with Crippen LogP contribution < -0.4 is 5.73 Å². The Morgan fingerprint density at radius 3 is 2.39 bits per heavy atom. The molecule has 4 nitrogen and oxygen atoms in total. The van der Waals surface area contributed by atoms with Crippen LogP contribution in [0.4, 0.5) is 4.39 Å². The molecule has 0 aromatic heterocycles. The van der Waals surface area contributed by atoms with E-state index in [1.807, 2.05) is 0 Å². The fourth-order valence-electron chi connectivity index (χ4n) is 2.18. The van der Waals surface area contributed by atoms with Gasteiger partial charge in [0, 0.05) is 19.6 Å². The highest BCUT2D eigenvalue weighted by Crippen LogP contribution is 2.22. The third-order valence-corrected chi connectivity index (χ3v) is 3.46. The van der Waals surface area contributed by atoms with E-state index in [0.717, 1.165) is 5.56 Å². The minimum absolute atomic E-state index is 0.250. The summed E-state index contributed by atoms with van der Waals surface area (Å²) in [5, 5.41) is 9.92. The van der Waals surface area contributed by atoms with Crippen LogP contribution in [0.3, 0.4) is 0 Å². The lowest BCUT2D eigenvalue weighted by Crippen LogP contribution is -2.51. The monoisotopic (exact) mass is 252 g/mol. The van der Waals surface area contributed by atoms with Gasteiger partial charge in [-0.2, -0.15) is 0 Å². The normalized spacial score (nSPS) is 19.7. The Morgan fingerprint density at radius 2 is 1.89 bits per heavy atom. The molecule has 0 saturated carbocycles. The Hall–Kier alpha value is -1.46. The lowest BCUT2D eigenvalue weighted by molar-refractivity contribution is -0.141. The van der Waals surface area contributed by atoms with E-state index in [1.54, 1.807) is 12.1 Å². The standard InChI is InChI=1S/C13H17FN2O2/c14-11-3-1-10(2-4-11)9-16-7-5-13(18,6-8-16)12(15)17/h1-4,18H,5-9H2,(H2,15,17). The van der Waals surface area contributed by atoms with Gasteiger partial charge in [0.25, 0.3) is 0 Å². The van der Waals surface area contributed by atoms with Gasteiger partial charge in [0.1, 0.15) is 11.4 Å². The molecule has 0 radical (unpaired) electrons. The summed E-state index contributed by atoms with van der Waals surface area (Å²) in [6.07, 6.45) is 0.701. The molecule has 1 heterocycles. The van der Waals surface area contributed by atoms with E-state index in [4.69, 9.17) is 5.73 Å². The lowest BCUT2D eigenvalue weighted by atomic mass is 9.90. The van der Waals surface area contributed by atoms with Gasteiger partial charge in [-0.05, 0) is 30.5 Å². The Kier molecular flexibility index (Phi) is 3.63. The van der Waals surface area contributed by atoms with Gasteiger partial charge in [-0.1, -0.05) is 12.1 Å². The zero-order valence-corrected chi connectivity index (χ0v) is 10.1. The molecule has 18 heavy (non-hydrogen) atoms. The second-order valence-electron chi connectivity index (χ2n) is 4.80. The molecule has 1 aliphatic heterocycles. The maximum absolute atomic E-state index is 12.8. The van der Waals surface area contributed by atoms with Crippen LogP contribution in [0.25, 0.3) is 0 Å². The summed E-state index contributed by atoms with van der Waals surface area (Å²) in [4.78, 5) is 13.2. The summed E-state index contributed by atoms with van der Waals surface area (Å²) in [6.45, 7) is 1.91. The predicted octanol–water partition coefficient (Wildman–Crippen LogP) is 0.638. The van der Waals surface area contributed by atoms with Crippen LogP contribution in [-0.2, 0) is 11.3 Å². The first-order chi connectivity index (χ1) is 8.49. The number of hydrogen-bond donors (Lipinski definition) is 2. The number of rotatable bonds is 3. The zero-order chi connectivity index (χ0) is 13.2. The van der Waals surface area contributed by atoms with E-state index in [0.29, 0.717) is 32.5 Å². The molecule has 0 aliphatic carbocycles. The highest BCUT2D eigenvalue weighted by molar-refractivity contribution is 5.83. The number of benzene rings is 1. The van der Waals surface area contributed by atoms with E-state index < -0.39 is 11.5 Å². The number of carbonyl (C=O) groups is 1. The number of hydrogen-bond acceptors (Lipinski definition) is 3. The first-order valence-corrected chi connectivity index (χ1v) is 5.99. The van der Waals surface area contributed by atoms with E-state index in [9.17, 15) is 14.3 Å². The molecule has 98 valence electrons. The van der Waals surface area contributed by atoms with Crippen molar-refractivity contribution in [3.63, 3.8) is 0 Å². The van der Waals surface area contributed by atoms with Crippen LogP contribution >= 0.6 is 0 Å². The molecule has 0 spiro atoms. The maximum Gasteiger partial charge on any atom is 0.249 e. The summed E-state index contributed by atoms with van der Waals surface area (Å²) >= 11 is 0. The highest BCUT2D eigenvalue weighted by Gasteiger charge is 2.37. The van der Waals surface area contributed by atoms with Crippen molar-refractivity contribution in [2.45, 2.75) is 25.0 Å². The van der Waals surface area contributed by atoms with Gasteiger partial charge >= 0.3 is 0 Å². The molecule has 1 aromatic rings. The van der Waals surface area contributed by atoms with Crippen molar-refractivity contribution >= 4 is 5.91 Å². The number of nitrogens with two attached hydrogens (primary N) is 1. The fourth-order valence-corrected chi connectivity index (χ4v) is 2.18. The number of amides is 1. The van der Waals surface area contributed by atoms with Gasteiger partial charge in [0.05, 0.1) is 0 Å². The Balaban J connectivity index is 1.91. The molecule has 1 fully saturated rings. The number of nitrogens with zero attached hydrogens (tertiary/aromatic N) is 1. The third-order valence-electron chi connectivity index (χ3n) is 3.46. The highest BCUT2D eigenvalue weighted by atomic mass is 19.1. The molecule has 1 aromatic carbocycles. The number of primary amides is 1. The van der Waals surface area contributed by atoms with Crippen LogP contribution in [0.15, 0.2) is 24.3 Å². The summed E-state index contributed by atoms with van der Waals surface area (Å²) in [5.74, 6) is -0.899. The van der Waals surface area contributed by atoms with Crippen LogP contribution in [0.5, 0.6) is 0 Å².